The van der Waals surface area contributed by atoms with Crippen LogP contribution in [0, 0.1) is 0 Å². The number of benzene rings is 1. The van der Waals surface area contributed by atoms with E-state index in [0.717, 1.165) is 16.7 Å². The molecule has 5 heteroatoms. The largest absolute Gasteiger partial charge is 0.507 e. The highest BCUT2D eigenvalue weighted by Gasteiger charge is 2.28. The highest BCUT2D eigenvalue weighted by Crippen LogP contribution is 2.40. The van der Waals surface area contributed by atoms with Crippen LogP contribution in [-0.4, -0.2) is 21.0 Å². The molecule has 0 aliphatic carbocycles. The maximum Gasteiger partial charge on any atom is 0.145 e. The van der Waals surface area contributed by atoms with E-state index >= 15 is 0 Å². The first-order valence-corrected chi connectivity index (χ1v) is 8.44. The number of phenolic OH excluding ortho intramolecular Hbond substituents is 1. The Hall–Kier alpha value is -1.88. The first kappa shape index (κ1) is 17.5. The van der Waals surface area contributed by atoms with Gasteiger partial charge in [-0.05, 0) is 23.0 Å². The van der Waals surface area contributed by atoms with E-state index < -0.39 is 0 Å². The summed E-state index contributed by atoms with van der Waals surface area (Å²) in [6.07, 6.45) is 1.68. The molecule has 1 aromatic carbocycles. The Labute approximate surface area is 141 Å². The number of rotatable bonds is 2. The van der Waals surface area contributed by atoms with Crippen molar-refractivity contribution in [2.75, 3.05) is 0 Å². The number of aromatic nitrogens is 1. The molecule has 2 rings (SSSR count). The summed E-state index contributed by atoms with van der Waals surface area (Å²) in [5.41, 5.74) is 2.38. The highest BCUT2D eigenvalue weighted by molar-refractivity contribution is 7.11. The summed E-state index contributed by atoms with van der Waals surface area (Å²) >= 11 is 1.42. The third-order valence-electron chi connectivity index (χ3n) is 3.73. The van der Waals surface area contributed by atoms with Gasteiger partial charge >= 0.3 is 0 Å². The number of nitrogens with zero attached hydrogens (tertiary/aromatic N) is 2. The number of oxime groups is 1. The molecular weight excluding hydrogens is 308 g/mol. The molecule has 0 aliphatic rings. The predicted molar refractivity (Wildman–Crippen MR) is 95.0 cm³/mol. The van der Waals surface area contributed by atoms with E-state index in [9.17, 15) is 10.3 Å². The molecule has 0 radical (unpaired) electrons. The molecule has 0 saturated heterocycles. The summed E-state index contributed by atoms with van der Waals surface area (Å²) in [6.45, 7) is 12.3. The van der Waals surface area contributed by atoms with E-state index in [2.05, 4.69) is 51.7 Å². The molecular formula is C18H24N2O2S. The summed E-state index contributed by atoms with van der Waals surface area (Å²) in [5.74, 6) is 0.310. The van der Waals surface area contributed by atoms with Gasteiger partial charge in [-0.1, -0.05) is 46.7 Å². The molecule has 23 heavy (non-hydrogen) atoms. The van der Waals surface area contributed by atoms with Crippen LogP contribution in [-0.2, 0) is 10.8 Å². The Morgan fingerprint density at radius 3 is 1.91 bits per heavy atom. The highest BCUT2D eigenvalue weighted by atomic mass is 32.1. The average Bonchev–Trinajstić information content (AvgIpc) is 2.92. The normalized spacial score (nSPS) is 13.4. The van der Waals surface area contributed by atoms with Gasteiger partial charge in [-0.15, -0.1) is 11.3 Å². The SMILES string of the molecule is CC(C)(C)c1cc(/C(=N/O)c2nccs2)cc(C(C)(C)C)c1O. The van der Waals surface area contributed by atoms with Crippen molar-refractivity contribution in [3.63, 3.8) is 0 Å². The summed E-state index contributed by atoms with van der Waals surface area (Å²) in [5, 5.41) is 26.2. The fourth-order valence-corrected chi connectivity index (χ4v) is 3.12. The number of aromatic hydroxyl groups is 1. The van der Waals surface area contributed by atoms with Crippen molar-refractivity contribution < 1.29 is 10.3 Å². The second-order valence-electron chi connectivity index (χ2n) is 7.71. The lowest BCUT2D eigenvalue weighted by molar-refractivity contribution is 0.319. The fourth-order valence-electron chi connectivity index (χ4n) is 2.48. The van der Waals surface area contributed by atoms with Crippen LogP contribution in [0.1, 0.15) is 63.2 Å². The third-order valence-corrected chi connectivity index (χ3v) is 4.51. The second-order valence-corrected chi connectivity index (χ2v) is 8.60. The molecule has 0 amide bonds. The molecule has 1 aromatic heterocycles. The number of thiazole rings is 1. The van der Waals surface area contributed by atoms with Crippen molar-refractivity contribution in [3.8, 4) is 5.75 Å². The second kappa shape index (κ2) is 5.96. The van der Waals surface area contributed by atoms with Crippen molar-refractivity contribution in [3.05, 3.63) is 45.4 Å². The standard InChI is InChI=1S/C18H24N2O2S/c1-17(2,3)12-9-11(10-13(15(12)21)18(4,5)6)14(20-22)16-19-7-8-23-16/h7-10,21-22H,1-6H3/b20-14-. The van der Waals surface area contributed by atoms with Gasteiger partial charge in [0.25, 0.3) is 0 Å². The van der Waals surface area contributed by atoms with Crippen LogP contribution in [0.2, 0.25) is 0 Å². The average molecular weight is 332 g/mol. The van der Waals surface area contributed by atoms with Crippen molar-refractivity contribution in [2.45, 2.75) is 52.4 Å². The van der Waals surface area contributed by atoms with Crippen LogP contribution in [0.4, 0.5) is 0 Å². The molecule has 0 unspecified atom stereocenters. The van der Waals surface area contributed by atoms with Gasteiger partial charge in [-0.2, -0.15) is 0 Å². The zero-order chi connectivity index (χ0) is 17.4. The minimum absolute atomic E-state index is 0.233. The molecule has 0 aliphatic heterocycles. The number of hydrogen-bond acceptors (Lipinski definition) is 5. The molecule has 0 atom stereocenters. The first-order chi connectivity index (χ1) is 10.6. The van der Waals surface area contributed by atoms with Crippen LogP contribution in [0.3, 0.4) is 0 Å². The lowest BCUT2D eigenvalue weighted by Gasteiger charge is -2.28. The maximum atomic E-state index is 10.8. The maximum absolute atomic E-state index is 10.8. The Balaban J connectivity index is 2.75. The Morgan fingerprint density at radius 1 is 1.04 bits per heavy atom. The van der Waals surface area contributed by atoms with Crippen LogP contribution < -0.4 is 0 Å². The lowest BCUT2D eigenvalue weighted by Crippen LogP contribution is -2.19. The van der Waals surface area contributed by atoms with Crippen molar-refractivity contribution in [2.24, 2.45) is 5.16 Å². The Morgan fingerprint density at radius 2 is 1.57 bits per heavy atom. The van der Waals surface area contributed by atoms with E-state index in [1.54, 1.807) is 6.20 Å². The summed E-state index contributed by atoms with van der Waals surface area (Å²) in [7, 11) is 0. The number of phenols is 1. The summed E-state index contributed by atoms with van der Waals surface area (Å²) in [4.78, 5) is 4.24. The smallest absolute Gasteiger partial charge is 0.145 e. The summed E-state index contributed by atoms with van der Waals surface area (Å²) in [6, 6.07) is 3.78. The first-order valence-electron chi connectivity index (χ1n) is 7.56. The van der Waals surface area contributed by atoms with Crippen LogP contribution in [0.15, 0.2) is 28.9 Å². The monoisotopic (exact) mass is 332 g/mol. The van der Waals surface area contributed by atoms with E-state index in [0.29, 0.717) is 16.5 Å². The molecule has 0 spiro atoms. The van der Waals surface area contributed by atoms with Gasteiger partial charge in [0.1, 0.15) is 16.5 Å². The molecule has 0 bridgehead atoms. The molecule has 4 nitrogen and oxygen atoms in total. The summed E-state index contributed by atoms with van der Waals surface area (Å²) < 4.78 is 0. The lowest BCUT2D eigenvalue weighted by atomic mass is 9.78. The quantitative estimate of drug-likeness (QED) is 0.477. The zero-order valence-corrected chi connectivity index (χ0v) is 15.3. The minimum Gasteiger partial charge on any atom is -0.507 e. The van der Waals surface area contributed by atoms with Crippen molar-refractivity contribution in [1.82, 2.24) is 4.98 Å². The zero-order valence-electron chi connectivity index (χ0n) is 14.5. The van der Waals surface area contributed by atoms with Crippen molar-refractivity contribution >= 4 is 17.0 Å². The third kappa shape index (κ3) is 3.55. The Bertz CT molecular complexity index is 685. The molecule has 1 heterocycles. The predicted octanol–water partition coefficient (Wildman–Crippen LogP) is 4.67. The molecule has 124 valence electrons. The van der Waals surface area contributed by atoms with E-state index in [-0.39, 0.29) is 10.8 Å². The van der Waals surface area contributed by atoms with Crippen LogP contribution in [0.5, 0.6) is 5.75 Å². The van der Waals surface area contributed by atoms with E-state index in [1.807, 2.05) is 17.5 Å². The van der Waals surface area contributed by atoms with Crippen LogP contribution >= 0.6 is 11.3 Å². The molecule has 2 N–H and O–H groups in total. The van der Waals surface area contributed by atoms with Gasteiger partial charge in [0.2, 0.25) is 0 Å². The molecule has 2 aromatic rings. The van der Waals surface area contributed by atoms with Gasteiger partial charge in [-0.3, -0.25) is 0 Å². The topological polar surface area (TPSA) is 65.7 Å². The fraction of sp³-hybridized carbons (Fsp3) is 0.444. The minimum atomic E-state index is -0.233. The van der Waals surface area contributed by atoms with Gasteiger partial charge in [-0.25, -0.2) is 4.98 Å². The van der Waals surface area contributed by atoms with Crippen LogP contribution in [0.25, 0.3) is 0 Å². The van der Waals surface area contributed by atoms with E-state index in [4.69, 9.17) is 0 Å². The van der Waals surface area contributed by atoms with Gasteiger partial charge in [0.15, 0.2) is 0 Å². The molecule has 0 fully saturated rings. The van der Waals surface area contributed by atoms with E-state index in [1.165, 1.54) is 11.3 Å². The molecule has 0 saturated carbocycles. The number of hydrogen-bond donors (Lipinski definition) is 2. The Kier molecular flexibility index (Phi) is 4.53. The van der Waals surface area contributed by atoms with Gasteiger partial charge in [0.05, 0.1) is 0 Å². The van der Waals surface area contributed by atoms with Crippen molar-refractivity contribution in [1.29, 1.82) is 0 Å². The van der Waals surface area contributed by atoms with Gasteiger partial charge in [0, 0.05) is 28.3 Å². The van der Waals surface area contributed by atoms with Gasteiger partial charge < -0.3 is 10.3 Å².